The molecule has 0 bridgehead atoms. The van der Waals surface area contributed by atoms with Crippen molar-refractivity contribution in [2.75, 3.05) is 13.1 Å². The predicted molar refractivity (Wildman–Crippen MR) is 83.0 cm³/mol. The van der Waals surface area contributed by atoms with E-state index in [1.165, 1.54) is 12.1 Å². The van der Waals surface area contributed by atoms with Crippen LogP contribution in [0.1, 0.15) is 29.8 Å². The van der Waals surface area contributed by atoms with Crippen LogP contribution in [0.25, 0.3) is 0 Å². The number of hydrogen-bond donors (Lipinski definition) is 1. The van der Waals surface area contributed by atoms with Gasteiger partial charge in [-0.1, -0.05) is 0 Å². The molecule has 0 aliphatic carbocycles. The van der Waals surface area contributed by atoms with Gasteiger partial charge in [0, 0.05) is 42.4 Å². The van der Waals surface area contributed by atoms with E-state index in [2.05, 4.69) is 5.32 Å². The summed E-state index contributed by atoms with van der Waals surface area (Å²) >= 11 is 0. The zero-order valence-corrected chi connectivity index (χ0v) is 13.1. The monoisotopic (exact) mass is 313 g/mol. The molecular formula is C14H20ClN3O3. The highest BCUT2D eigenvalue weighted by molar-refractivity contribution is 5.94. The average Bonchev–Trinajstić information content (AvgIpc) is 2.36. The third-order valence-electron chi connectivity index (χ3n) is 3.49. The van der Waals surface area contributed by atoms with Crippen LogP contribution in [0.15, 0.2) is 18.2 Å². The SMILES string of the molecule is Cc1cc(C(=O)N2CC(C)NC(C)C2)ccc1[N+](=O)[O-].Cl. The molecule has 1 N–H and O–H groups in total. The van der Waals surface area contributed by atoms with Gasteiger partial charge in [-0.2, -0.15) is 0 Å². The summed E-state index contributed by atoms with van der Waals surface area (Å²) in [5.74, 6) is -0.0665. The quantitative estimate of drug-likeness (QED) is 0.670. The zero-order chi connectivity index (χ0) is 14.9. The van der Waals surface area contributed by atoms with Crippen LogP contribution < -0.4 is 5.32 Å². The summed E-state index contributed by atoms with van der Waals surface area (Å²) in [5.41, 5.74) is 1.06. The third-order valence-corrected chi connectivity index (χ3v) is 3.49. The summed E-state index contributed by atoms with van der Waals surface area (Å²) in [6.07, 6.45) is 0. The summed E-state index contributed by atoms with van der Waals surface area (Å²) in [5, 5.41) is 14.2. The lowest BCUT2D eigenvalue weighted by molar-refractivity contribution is -0.385. The van der Waals surface area contributed by atoms with E-state index in [0.29, 0.717) is 24.2 Å². The number of carbonyl (C=O) groups excluding carboxylic acids is 1. The van der Waals surface area contributed by atoms with Crippen molar-refractivity contribution in [1.82, 2.24) is 10.2 Å². The molecule has 1 aromatic carbocycles. The minimum absolute atomic E-state index is 0. The van der Waals surface area contributed by atoms with Gasteiger partial charge in [-0.3, -0.25) is 14.9 Å². The number of hydrogen-bond acceptors (Lipinski definition) is 4. The van der Waals surface area contributed by atoms with Gasteiger partial charge in [-0.05, 0) is 32.9 Å². The fourth-order valence-corrected chi connectivity index (χ4v) is 2.67. The van der Waals surface area contributed by atoms with Crippen LogP contribution in [0.4, 0.5) is 5.69 Å². The molecule has 7 heteroatoms. The lowest BCUT2D eigenvalue weighted by Gasteiger charge is -2.36. The Hall–Kier alpha value is -1.66. The Morgan fingerprint density at radius 3 is 2.38 bits per heavy atom. The Morgan fingerprint density at radius 2 is 1.90 bits per heavy atom. The highest BCUT2D eigenvalue weighted by Gasteiger charge is 2.26. The lowest BCUT2D eigenvalue weighted by Crippen LogP contribution is -2.55. The maximum atomic E-state index is 12.5. The fraction of sp³-hybridized carbons (Fsp3) is 0.500. The second-order valence-electron chi connectivity index (χ2n) is 5.44. The highest BCUT2D eigenvalue weighted by atomic mass is 35.5. The van der Waals surface area contributed by atoms with Crippen molar-refractivity contribution < 1.29 is 9.72 Å². The molecule has 0 spiro atoms. The molecule has 2 unspecified atom stereocenters. The number of benzene rings is 1. The predicted octanol–water partition coefficient (Wildman–Crippen LogP) is 2.15. The van der Waals surface area contributed by atoms with Gasteiger partial charge in [0.2, 0.25) is 0 Å². The Balaban J connectivity index is 0.00000220. The Labute approximate surface area is 130 Å². The number of halogens is 1. The molecule has 6 nitrogen and oxygen atoms in total. The van der Waals surface area contributed by atoms with Crippen molar-refractivity contribution in [3.05, 3.63) is 39.4 Å². The van der Waals surface area contributed by atoms with Crippen LogP contribution >= 0.6 is 12.4 Å². The average molecular weight is 314 g/mol. The molecule has 0 aromatic heterocycles. The second-order valence-corrected chi connectivity index (χ2v) is 5.44. The number of nitrogens with zero attached hydrogens (tertiary/aromatic N) is 2. The molecule has 1 saturated heterocycles. The molecule has 0 saturated carbocycles. The number of nitro groups is 1. The molecule has 116 valence electrons. The first-order valence-corrected chi connectivity index (χ1v) is 6.69. The van der Waals surface area contributed by atoms with Crippen LogP contribution in [0.2, 0.25) is 0 Å². The number of piperazine rings is 1. The van der Waals surface area contributed by atoms with Crippen molar-refractivity contribution in [1.29, 1.82) is 0 Å². The molecule has 1 aromatic rings. The van der Waals surface area contributed by atoms with Crippen molar-refractivity contribution in [3.8, 4) is 0 Å². The summed E-state index contributed by atoms with van der Waals surface area (Å²) in [4.78, 5) is 24.6. The molecule has 2 rings (SSSR count). The number of nitro benzene ring substituents is 1. The molecule has 2 atom stereocenters. The zero-order valence-electron chi connectivity index (χ0n) is 12.3. The molecule has 1 fully saturated rings. The van der Waals surface area contributed by atoms with Crippen molar-refractivity contribution in [3.63, 3.8) is 0 Å². The van der Waals surface area contributed by atoms with Gasteiger partial charge in [0.1, 0.15) is 0 Å². The smallest absolute Gasteiger partial charge is 0.272 e. The molecule has 1 amide bonds. The van der Waals surface area contributed by atoms with Crippen LogP contribution in [-0.4, -0.2) is 40.9 Å². The number of amides is 1. The van der Waals surface area contributed by atoms with Gasteiger partial charge in [-0.25, -0.2) is 0 Å². The van der Waals surface area contributed by atoms with E-state index in [-0.39, 0.29) is 36.1 Å². The van der Waals surface area contributed by atoms with Gasteiger partial charge in [0.25, 0.3) is 11.6 Å². The molecule has 0 radical (unpaired) electrons. The second kappa shape index (κ2) is 6.87. The standard InChI is InChI=1S/C14H19N3O3.ClH/c1-9-6-12(4-5-13(9)17(19)20)14(18)16-7-10(2)15-11(3)8-16;/h4-6,10-11,15H,7-8H2,1-3H3;1H. The molecule has 1 aliphatic rings. The van der Waals surface area contributed by atoms with Crippen LogP contribution in [0.5, 0.6) is 0 Å². The Kier molecular flexibility index (Phi) is 5.69. The van der Waals surface area contributed by atoms with Gasteiger partial charge < -0.3 is 10.2 Å². The minimum atomic E-state index is -0.432. The molecule has 1 heterocycles. The Bertz CT molecular complexity index is 540. The van der Waals surface area contributed by atoms with E-state index in [4.69, 9.17) is 0 Å². The maximum Gasteiger partial charge on any atom is 0.272 e. The maximum absolute atomic E-state index is 12.5. The molecular weight excluding hydrogens is 294 g/mol. The molecule has 21 heavy (non-hydrogen) atoms. The van der Waals surface area contributed by atoms with Crippen LogP contribution in [-0.2, 0) is 0 Å². The van der Waals surface area contributed by atoms with E-state index >= 15 is 0 Å². The van der Waals surface area contributed by atoms with Crippen LogP contribution in [0, 0.1) is 17.0 Å². The van der Waals surface area contributed by atoms with E-state index in [0.717, 1.165) is 0 Å². The van der Waals surface area contributed by atoms with E-state index in [1.54, 1.807) is 17.9 Å². The summed E-state index contributed by atoms with van der Waals surface area (Å²) in [7, 11) is 0. The van der Waals surface area contributed by atoms with Gasteiger partial charge >= 0.3 is 0 Å². The van der Waals surface area contributed by atoms with Crippen molar-refractivity contribution in [2.45, 2.75) is 32.9 Å². The summed E-state index contributed by atoms with van der Waals surface area (Å²) in [6.45, 7) is 7.03. The topological polar surface area (TPSA) is 75.5 Å². The lowest BCUT2D eigenvalue weighted by atomic mass is 10.1. The Morgan fingerprint density at radius 1 is 1.33 bits per heavy atom. The highest BCUT2D eigenvalue weighted by Crippen LogP contribution is 2.20. The first-order valence-electron chi connectivity index (χ1n) is 6.69. The largest absolute Gasteiger partial charge is 0.336 e. The summed E-state index contributed by atoms with van der Waals surface area (Å²) in [6, 6.07) is 5.03. The first kappa shape index (κ1) is 17.4. The van der Waals surface area contributed by atoms with Gasteiger partial charge in [0.05, 0.1) is 4.92 Å². The first-order chi connectivity index (χ1) is 9.38. The van der Waals surface area contributed by atoms with Gasteiger partial charge in [-0.15, -0.1) is 12.4 Å². The van der Waals surface area contributed by atoms with E-state index < -0.39 is 4.92 Å². The number of aryl methyl sites for hydroxylation is 1. The van der Waals surface area contributed by atoms with E-state index in [9.17, 15) is 14.9 Å². The number of carbonyl (C=O) groups is 1. The van der Waals surface area contributed by atoms with E-state index in [1.807, 2.05) is 13.8 Å². The van der Waals surface area contributed by atoms with Crippen molar-refractivity contribution >= 4 is 24.0 Å². The molecule has 1 aliphatic heterocycles. The van der Waals surface area contributed by atoms with Gasteiger partial charge in [0.15, 0.2) is 0 Å². The minimum Gasteiger partial charge on any atom is -0.336 e. The number of nitrogens with one attached hydrogen (secondary N) is 1. The number of rotatable bonds is 2. The third kappa shape index (κ3) is 3.92. The van der Waals surface area contributed by atoms with Crippen LogP contribution in [0.3, 0.4) is 0 Å². The summed E-state index contributed by atoms with van der Waals surface area (Å²) < 4.78 is 0. The van der Waals surface area contributed by atoms with Crippen molar-refractivity contribution in [2.24, 2.45) is 0 Å². The normalized spacial score (nSPS) is 21.6. The fourth-order valence-electron chi connectivity index (χ4n) is 2.67.